The van der Waals surface area contributed by atoms with Gasteiger partial charge in [-0.1, -0.05) is 12.1 Å². The third-order valence-electron chi connectivity index (χ3n) is 5.55. The second-order valence-electron chi connectivity index (χ2n) is 6.80. The van der Waals surface area contributed by atoms with E-state index in [1.54, 1.807) is 7.11 Å². The van der Waals surface area contributed by atoms with Crippen molar-refractivity contribution in [1.29, 1.82) is 0 Å². The molecule has 0 aromatic heterocycles. The number of fused-ring (bicyclic) bond motifs is 3. The smallest absolute Gasteiger partial charge is 0.223 e. The third kappa shape index (κ3) is 2.26. The standard InChI is InChI=1S/C18H21NO4/c1-22-9-8-19-17(21)15-12-6-7-18(16(12)15)10-13(20)11-4-2-3-5-14(11)23-18/h2-5,12,15-16H,6-10H2,1H3,(H,19,21)/t12-,15+,16+,18-/m1/s1. The molecule has 2 aliphatic carbocycles. The van der Waals surface area contributed by atoms with Crippen molar-refractivity contribution in [1.82, 2.24) is 5.32 Å². The fourth-order valence-electron chi connectivity index (χ4n) is 4.51. The number of benzene rings is 1. The van der Waals surface area contributed by atoms with Crippen LogP contribution in [-0.2, 0) is 9.53 Å². The maximum atomic E-state index is 12.5. The van der Waals surface area contributed by atoms with Crippen LogP contribution < -0.4 is 10.1 Å². The minimum atomic E-state index is -0.473. The lowest BCUT2D eigenvalue weighted by Gasteiger charge is -2.37. The fourth-order valence-corrected chi connectivity index (χ4v) is 4.51. The minimum absolute atomic E-state index is 0.0151. The Hall–Kier alpha value is -1.88. The van der Waals surface area contributed by atoms with E-state index >= 15 is 0 Å². The first-order chi connectivity index (χ1) is 11.2. The molecule has 1 aromatic carbocycles. The Bertz CT molecular complexity index is 658. The van der Waals surface area contributed by atoms with Crippen LogP contribution in [0.1, 0.15) is 29.6 Å². The summed E-state index contributed by atoms with van der Waals surface area (Å²) in [5, 5.41) is 2.92. The number of nitrogens with one attached hydrogen (secondary N) is 1. The molecule has 1 aromatic rings. The minimum Gasteiger partial charge on any atom is -0.486 e. The predicted octanol–water partition coefficient (Wildman–Crippen LogP) is 1.81. The third-order valence-corrected chi connectivity index (χ3v) is 5.55. The molecule has 3 aliphatic rings. The van der Waals surface area contributed by atoms with Crippen molar-refractivity contribution >= 4 is 11.7 Å². The maximum absolute atomic E-state index is 12.5. The number of methoxy groups -OCH3 is 1. The van der Waals surface area contributed by atoms with Crippen LogP contribution in [0.2, 0.25) is 0 Å². The molecule has 1 amide bonds. The van der Waals surface area contributed by atoms with Gasteiger partial charge in [-0.15, -0.1) is 0 Å². The van der Waals surface area contributed by atoms with Gasteiger partial charge in [0.05, 0.1) is 18.6 Å². The lowest BCUT2D eigenvalue weighted by Crippen LogP contribution is -2.44. The molecule has 1 heterocycles. The Morgan fingerprint density at radius 1 is 1.43 bits per heavy atom. The van der Waals surface area contributed by atoms with Crippen LogP contribution in [0.5, 0.6) is 5.75 Å². The Morgan fingerprint density at radius 2 is 2.26 bits per heavy atom. The summed E-state index contributed by atoms with van der Waals surface area (Å²) in [4.78, 5) is 24.8. The molecular weight excluding hydrogens is 294 g/mol. The first-order valence-electron chi connectivity index (χ1n) is 8.24. The Balaban J connectivity index is 1.51. The van der Waals surface area contributed by atoms with E-state index in [4.69, 9.17) is 9.47 Å². The van der Waals surface area contributed by atoms with Crippen LogP contribution in [0.3, 0.4) is 0 Å². The first-order valence-corrected chi connectivity index (χ1v) is 8.24. The highest BCUT2D eigenvalue weighted by atomic mass is 16.5. The van der Waals surface area contributed by atoms with Gasteiger partial charge in [0.15, 0.2) is 5.78 Å². The summed E-state index contributed by atoms with van der Waals surface area (Å²) in [5.74, 6) is 1.40. The number of Topliss-reactive ketones (excluding diaryl/α,β-unsaturated/α-hetero) is 1. The van der Waals surface area contributed by atoms with Gasteiger partial charge in [-0.2, -0.15) is 0 Å². The SMILES string of the molecule is COCCNC(=O)[C@H]1[C@H]2CC[C@@]3(CC(=O)c4ccccc4O3)[C@@H]21. The molecule has 122 valence electrons. The molecular formula is C18H21NO4. The van der Waals surface area contributed by atoms with Gasteiger partial charge < -0.3 is 14.8 Å². The highest BCUT2D eigenvalue weighted by Gasteiger charge is 2.70. The quantitative estimate of drug-likeness (QED) is 0.861. The van der Waals surface area contributed by atoms with Crippen molar-refractivity contribution in [3.05, 3.63) is 29.8 Å². The number of ketones is 1. The summed E-state index contributed by atoms with van der Waals surface area (Å²) in [6.07, 6.45) is 2.22. The predicted molar refractivity (Wildman–Crippen MR) is 83.3 cm³/mol. The van der Waals surface area contributed by atoms with Gasteiger partial charge in [0, 0.05) is 25.5 Å². The van der Waals surface area contributed by atoms with Crippen LogP contribution >= 0.6 is 0 Å². The summed E-state index contributed by atoms with van der Waals surface area (Å²) in [7, 11) is 1.62. The fraction of sp³-hybridized carbons (Fsp3) is 0.556. The molecule has 1 spiro atoms. The van der Waals surface area contributed by atoms with E-state index in [0.29, 0.717) is 36.8 Å². The Morgan fingerprint density at radius 3 is 3.09 bits per heavy atom. The zero-order valence-electron chi connectivity index (χ0n) is 13.2. The van der Waals surface area contributed by atoms with E-state index in [2.05, 4.69) is 5.32 Å². The number of ether oxygens (including phenoxy) is 2. The molecule has 5 heteroatoms. The number of para-hydroxylation sites is 1. The average molecular weight is 315 g/mol. The molecule has 0 saturated heterocycles. The summed E-state index contributed by atoms with van der Waals surface area (Å²) < 4.78 is 11.3. The monoisotopic (exact) mass is 315 g/mol. The summed E-state index contributed by atoms with van der Waals surface area (Å²) >= 11 is 0. The number of hydrogen-bond donors (Lipinski definition) is 1. The normalized spacial score (nSPS) is 33.8. The van der Waals surface area contributed by atoms with Crippen molar-refractivity contribution in [2.45, 2.75) is 24.9 Å². The van der Waals surface area contributed by atoms with E-state index in [1.165, 1.54) is 0 Å². The van der Waals surface area contributed by atoms with Crippen LogP contribution in [0.4, 0.5) is 0 Å². The van der Waals surface area contributed by atoms with Gasteiger partial charge in [-0.05, 0) is 30.9 Å². The molecule has 0 radical (unpaired) electrons. The van der Waals surface area contributed by atoms with E-state index in [1.807, 2.05) is 24.3 Å². The summed E-state index contributed by atoms with van der Waals surface area (Å²) in [5.41, 5.74) is 0.197. The van der Waals surface area contributed by atoms with E-state index in [-0.39, 0.29) is 23.5 Å². The molecule has 4 rings (SSSR count). The van der Waals surface area contributed by atoms with Crippen molar-refractivity contribution in [2.24, 2.45) is 17.8 Å². The van der Waals surface area contributed by atoms with Gasteiger partial charge >= 0.3 is 0 Å². The maximum Gasteiger partial charge on any atom is 0.223 e. The summed E-state index contributed by atoms with van der Waals surface area (Å²) in [6, 6.07) is 7.43. The molecule has 1 N–H and O–H groups in total. The van der Waals surface area contributed by atoms with Crippen molar-refractivity contribution in [3.8, 4) is 5.75 Å². The number of carbonyl (C=O) groups is 2. The number of carbonyl (C=O) groups excluding carboxylic acids is 2. The van der Waals surface area contributed by atoms with Crippen LogP contribution in [-0.4, -0.2) is 37.6 Å². The van der Waals surface area contributed by atoms with E-state index in [0.717, 1.165) is 12.8 Å². The van der Waals surface area contributed by atoms with Crippen molar-refractivity contribution in [2.75, 3.05) is 20.3 Å². The largest absolute Gasteiger partial charge is 0.486 e. The number of hydrogen-bond acceptors (Lipinski definition) is 4. The van der Waals surface area contributed by atoms with Gasteiger partial charge in [-0.25, -0.2) is 0 Å². The number of amides is 1. The van der Waals surface area contributed by atoms with Gasteiger partial charge in [0.1, 0.15) is 11.4 Å². The van der Waals surface area contributed by atoms with Crippen molar-refractivity contribution < 1.29 is 19.1 Å². The second-order valence-corrected chi connectivity index (χ2v) is 6.80. The zero-order chi connectivity index (χ0) is 16.0. The lowest BCUT2D eigenvalue weighted by atomic mass is 9.84. The lowest BCUT2D eigenvalue weighted by molar-refractivity contribution is -0.124. The van der Waals surface area contributed by atoms with Crippen LogP contribution in [0, 0.1) is 17.8 Å². The molecule has 2 saturated carbocycles. The second kappa shape index (κ2) is 5.34. The van der Waals surface area contributed by atoms with Gasteiger partial charge in [0.25, 0.3) is 0 Å². The molecule has 1 aliphatic heterocycles. The Kier molecular flexibility index (Phi) is 3.41. The number of rotatable bonds is 4. The van der Waals surface area contributed by atoms with Gasteiger partial charge in [0.2, 0.25) is 5.91 Å². The molecule has 4 atom stereocenters. The van der Waals surface area contributed by atoms with E-state index < -0.39 is 5.60 Å². The van der Waals surface area contributed by atoms with Crippen LogP contribution in [0.25, 0.3) is 0 Å². The highest BCUT2D eigenvalue weighted by Crippen LogP contribution is 2.65. The molecule has 0 unspecified atom stereocenters. The highest BCUT2D eigenvalue weighted by molar-refractivity contribution is 6.00. The zero-order valence-corrected chi connectivity index (χ0v) is 13.2. The average Bonchev–Trinajstić information content (AvgIpc) is 3.20. The first kappa shape index (κ1) is 14.7. The van der Waals surface area contributed by atoms with Crippen LogP contribution in [0.15, 0.2) is 24.3 Å². The van der Waals surface area contributed by atoms with Crippen molar-refractivity contribution in [3.63, 3.8) is 0 Å². The molecule has 23 heavy (non-hydrogen) atoms. The topological polar surface area (TPSA) is 64.6 Å². The van der Waals surface area contributed by atoms with E-state index in [9.17, 15) is 9.59 Å². The molecule has 2 fully saturated rings. The van der Waals surface area contributed by atoms with Gasteiger partial charge in [-0.3, -0.25) is 9.59 Å². The Labute approximate surface area is 135 Å². The molecule has 0 bridgehead atoms. The summed E-state index contributed by atoms with van der Waals surface area (Å²) in [6.45, 7) is 1.04. The molecule has 5 nitrogen and oxygen atoms in total.